The number of hydrogen-bond donors (Lipinski definition) is 1. The molecule has 0 radical (unpaired) electrons. The van der Waals surface area contributed by atoms with Gasteiger partial charge in [-0.25, -0.2) is 9.37 Å². The molecule has 0 saturated carbocycles. The fourth-order valence-electron chi connectivity index (χ4n) is 1.83. The monoisotopic (exact) mass is 310 g/mol. The van der Waals surface area contributed by atoms with Gasteiger partial charge in [0.2, 0.25) is 0 Å². The van der Waals surface area contributed by atoms with Gasteiger partial charge >= 0.3 is 0 Å². The van der Waals surface area contributed by atoms with Crippen molar-refractivity contribution in [3.63, 3.8) is 0 Å². The predicted molar refractivity (Wildman–Crippen MR) is 77.8 cm³/mol. The topological polar surface area (TPSA) is 56.0 Å². The number of rotatable bonds is 3. The summed E-state index contributed by atoms with van der Waals surface area (Å²) in [5.41, 5.74) is 7.32. The fourth-order valence-corrected chi connectivity index (χ4v) is 3.16. The zero-order valence-electron chi connectivity index (χ0n) is 10.9. The molecule has 6 heteroatoms. The quantitative estimate of drug-likeness (QED) is 0.939. The Morgan fingerprint density at radius 2 is 2.05 bits per heavy atom. The Morgan fingerprint density at radius 1 is 1.35 bits per heavy atom. The summed E-state index contributed by atoms with van der Waals surface area (Å²) in [7, 11) is 0. The molecule has 104 valence electrons. The summed E-state index contributed by atoms with van der Waals surface area (Å²) < 4.78 is 13.1. The first kappa shape index (κ1) is 14.8. The Hall–Kier alpha value is -1.59. The molecule has 0 bridgehead atoms. The molecule has 0 saturated heterocycles. The first-order valence-electron chi connectivity index (χ1n) is 5.79. The zero-order chi connectivity index (χ0) is 14.9. The van der Waals surface area contributed by atoms with Gasteiger partial charge < -0.3 is 5.73 Å². The number of benzene rings is 1. The summed E-state index contributed by atoms with van der Waals surface area (Å²) in [6.07, 6.45) is 0. The number of aryl methyl sites for hydroxylation is 2. The van der Waals surface area contributed by atoms with Crippen molar-refractivity contribution in [3.05, 3.63) is 51.9 Å². The van der Waals surface area contributed by atoms with Crippen LogP contribution in [-0.4, -0.2) is 10.9 Å². The number of halogens is 2. The smallest absolute Gasteiger partial charge is 0.251 e. The highest BCUT2D eigenvalue weighted by Crippen LogP contribution is 2.32. The maximum absolute atomic E-state index is 13.1. The lowest BCUT2D eigenvalue weighted by molar-refractivity contribution is 0.0996. The van der Waals surface area contributed by atoms with Gasteiger partial charge in [0.1, 0.15) is 10.8 Å². The first-order valence-corrected chi connectivity index (χ1v) is 6.99. The molecule has 1 heterocycles. The van der Waals surface area contributed by atoms with Gasteiger partial charge in [0, 0.05) is 10.6 Å². The van der Waals surface area contributed by atoms with E-state index >= 15 is 0 Å². The molecule has 0 aliphatic carbocycles. The molecule has 2 aromatic rings. The van der Waals surface area contributed by atoms with Crippen molar-refractivity contribution in [2.45, 2.75) is 23.8 Å². The Bertz CT molecular complexity index is 691. The van der Waals surface area contributed by atoms with Crippen LogP contribution >= 0.6 is 23.4 Å². The van der Waals surface area contributed by atoms with Crippen LogP contribution in [0.4, 0.5) is 4.39 Å². The minimum Gasteiger partial charge on any atom is -0.366 e. The second kappa shape index (κ2) is 5.81. The van der Waals surface area contributed by atoms with Crippen LogP contribution in [0.15, 0.2) is 34.2 Å². The van der Waals surface area contributed by atoms with Crippen molar-refractivity contribution in [2.75, 3.05) is 0 Å². The van der Waals surface area contributed by atoms with Gasteiger partial charge in [0.25, 0.3) is 5.91 Å². The van der Waals surface area contributed by atoms with Crippen LogP contribution in [0.1, 0.15) is 21.6 Å². The number of hydrogen-bond acceptors (Lipinski definition) is 3. The van der Waals surface area contributed by atoms with Gasteiger partial charge in [-0.2, -0.15) is 0 Å². The largest absolute Gasteiger partial charge is 0.366 e. The van der Waals surface area contributed by atoms with E-state index in [-0.39, 0.29) is 5.02 Å². The molecule has 2 rings (SSSR count). The third-order valence-corrected chi connectivity index (χ3v) is 3.93. The van der Waals surface area contributed by atoms with Gasteiger partial charge in [0.15, 0.2) is 0 Å². The average molecular weight is 311 g/mol. The third-order valence-electron chi connectivity index (χ3n) is 2.66. The summed E-state index contributed by atoms with van der Waals surface area (Å²) in [4.78, 5) is 16.6. The van der Waals surface area contributed by atoms with Crippen LogP contribution in [0, 0.1) is 19.7 Å². The second-order valence-corrected chi connectivity index (χ2v) is 5.77. The average Bonchev–Trinajstić information content (AvgIpc) is 2.32. The molecule has 0 aliphatic rings. The second-order valence-electron chi connectivity index (χ2n) is 4.30. The molecular formula is C14H12ClFN2OS. The number of pyridine rings is 1. The number of primary amides is 1. The van der Waals surface area contributed by atoms with E-state index in [1.54, 1.807) is 19.1 Å². The molecule has 3 nitrogen and oxygen atoms in total. The lowest BCUT2D eigenvalue weighted by Gasteiger charge is -2.10. The van der Waals surface area contributed by atoms with Gasteiger partial charge in [-0.15, -0.1) is 0 Å². The van der Waals surface area contributed by atoms with Crippen molar-refractivity contribution in [2.24, 2.45) is 5.73 Å². The predicted octanol–water partition coefficient (Wildman–Crippen LogP) is 3.74. The Morgan fingerprint density at radius 3 is 2.65 bits per heavy atom. The van der Waals surface area contributed by atoms with Gasteiger partial charge in [-0.3, -0.25) is 4.79 Å². The maximum atomic E-state index is 13.1. The zero-order valence-corrected chi connectivity index (χ0v) is 12.5. The minimum atomic E-state index is -0.536. The first-order chi connectivity index (χ1) is 9.38. The van der Waals surface area contributed by atoms with E-state index < -0.39 is 11.7 Å². The summed E-state index contributed by atoms with van der Waals surface area (Å²) in [5.74, 6) is -1.02. The van der Waals surface area contributed by atoms with Gasteiger partial charge in [-0.1, -0.05) is 23.4 Å². The molecule has 0 aliphatic heterocycles. The van der Waals surface area contributed by atoms with Crippen molar-refractivity contribution in [1.29, 1.82) is 0 Å². The highest BCUT2D eigenvalue weighted by atomic mass is 35.5. The highest BCUT2D eigenvalue weighted by molar-refractivity contribution is 7.99. The number of carbonyl (C=O) groups is 1. The SMILES string of the molecule is Cc1cc(C)c(C(N)=O)c(Sc2ccc(F)c(Cl)c2)n1. The van der Waals surface area contributed by atoms with Crippen LogP contribution in [0.3, 0.4) is 0 Å². The number of amides is 1. The van der Waals surface area contributed by atoms with E-state index in [0.717, 1.165) is 11.3 Å². The number of carbonyl (C=O) groups excluding carboxylic acids is 1. The summed E-state index contributed by atoms with van der Waals surface area (Å²) in [6, 6.07) is 6.14. The molecule has 1 aromatic heterocycles. The Kier molecular flexibility index (Phi) is 4.30. The minimum absolute atomic E-state index is 0.0278. The number of nitrogens with two attached hydrogens (primary N) is 1. The lowest BCUT2D eigenvalue weighted by atomic mass is 10.1. The molecule has 0 fully saturated rings. The van der Waals surface area contributed by atoms with E-state index in [4.69, 9.17) is 17.3 Å². The summed E-state index contributed by atoms with van der Waals surface area (Å²) >= 11 is 6.98. The molecule has 1 amide bonds. The van der Waals surface area contributed by atoms with E-state index in [9.17, 15) is 9.18 Å². The molecule has 0 unspecified atom stereocenters. The van der Waals surface area contributed by atoms with Crippen molar-refractivity contribution in [3.8, 4) is 0 Å². The Labute approximate surface area is 125 Å². The maximum Gasteiger partial charge on any atom is 0.251 e. The van der Waals surface area contributed by atoms with Crippen LogP contribution in [0.25, 0.3) is 0 Å². The van der Waals surface area contributed by atoms with E-state index in [1.165, 1.54) is 23.9 Å². The highest BCUT2D eigenvalue weighted by Gasteiger charge is 2.15. The van der Waals surface area contributed by atoms with E-state index in [0.29, 0.717) is 15.5 Å². The van der Waals surface area contributed by atoms with Gasteiger partial charge in [0.05, 0.1) is 10.6 Å². The third kappa shape index (κ3) is 3.11. The molecular weight excluding hydrogens is 299 g/mol. The molecule has 1 aromatic carbocycles. The van der Waals surface area contributed by atoms with E-state index in [1.807, 2.05) is 6.92 Å². The van der Waals surface area contributed by atoms with E-state index in [2.05, 4.69) is 4.98 Å². The number of aromatic nitrogens is 1. The summed E-state index contributed by atoms with van der Waals surface area (Å²) in [6.45, 7) is 3.63. The van der Waals surface area contributed by atoms with Crippen LogP contribution in [0.2, 0.25) is 5.02 Å². The lowest BCUT2D eigenvalue weighted by Crippen LogP contribution is -2.15. The van der Waals surface area contributed by atoms with Crippen molar-refractivity contribution in [1.82, 2.24) is 4.98 Å². The molecule has 20 heavy (non-hydrogen) atoms. The molecule has 0 spiro atoms. The van der Waals surface area contributed by atoms with Crippen molar-refractivity contribution >= 4 is 29.3 Å². The number of nitrogens with zero attached hydrogens (tertiary/aromatic N) is 1. The Balaban J connectivity index is 2.47. The van der Waals surface area contributed by atoms with Crippen molar-refractivity contribution < 1.29 is 9.18 Å². The molecule has 2 N–H and O–H groups in total. The van der Waals surface area contributed by atoms with Crippen LogP contribution < -0.4 is 5.73 Å². The molecule has 0 atom stereocenters. The van der Waals surface area contributed by atoms with Gasteiger partial charge in [-0.05, 0) is 43.7 Å². The standard InChI is InChI=1S/C14H12ClFN2OS/c1-7-5-8(2)18-14(12(7)13(17)19)20-9-3-4-11(16)10(15)6-9/h3-6H,1-2H3,(H2,17,19). The van der Waals surface area contributed by atoms with Crippen LogP contribution in [0.5, 0.6) is 0 Å². The normalized spacial score (nSPS) is 10.6. The summed E-state index contributed by atoms with van der Waals surface area (Å²) in [5, 5.41) is 0.526. The fraction of sp³-hybridized carbons (Fsp3) is 0.143. The van der Waals surface area contributed by atoms with Crippen LogP contribution in [-0.2, 0) is 0 Å².